The first-order valence-electron chi connectivity index (χ1n) is 15.3. The lowest BCUT2D eigenvalue weighted by atomic mass is 10.1. The molecule has 0 N–H and O–H groups in total. The molecule has 4 aromatic rings. The van der Waals surface area contributed by atoms with Crippen LogP contribution < -0.4 is 19.1 Å². The van der Waals surface area contributed by atoms with Gasteiger partial charge in [-0.15, -0.1) is 16.4 Å². The smallest absolute Gasteiger partial charge is 0.354 e. The molecule has 0 amide bonds. The number of ether oxygens (including phenoxy) is 3. The summed E-state index contributed by atoms with van der Waals surface area (Å²) in [5.74, 6) is 3.06. The summed E-state index contributed by atoms with van der Waals surface area (Å²) < 4.78 is 43.7. The topological polar surface area (TPSA) is 97.2 Å². The maximum absolute atomic E-state index is 13.1. The van der Waals surface area contributed by atoms with Gasteiger partial charge in [-0.25, -0.2) is 9.67 Å². The molecular formula is C33H41N4O6PS. The number of piperidine rings is 1. The highest BCUT2D eigenvalue weighted by atomic mass is 32.1. The first-order valence-corrected chi connectivity index (χ1v) is 17.7. The predicted octanol–water partition coefficient (Wildman–Crippen LogP) is 8.03. The van der Waals surface area contributed by atoms with Crippen molar-refractivity contribution < 1.29 is 27.8 Å². The van der Waals surface area contributed by atoms with Gasteiger partial charge in [0.15, 0.2) is 16.6 Å². The van der Waals surface area contributed by atoms with Crippen LogP contribution in [0.1, 0.15) is 54.8 Å². The largest absolute Gasteiger partial charge is 0.493 e. The Morgan fingerprint density at radius 1 is 0.956 bits per heavy atom. The van der Waals surface area contributed by atoms with Crippen molar-refractivity contribution in [2.45, 2.75) is 53.2 Å². The summed E-state index contributed by atoms with van der Waals surface area (Å²) in [6.07, 6.45) is 7.21. The van der Waals surface area contributed by atoms with Crippen LogP contribution in [0.4, 0.5) is 5.13 Å². The molecule has 0 atom stereocenters. The van der Waals surface area contributed by atoms with E-state index in [-0.39, 0.29) is 19.8 Å². The fourth-order valence-corrected chi connectivity index (χ4v) is 7.23. The van der Waals surface area contributed by atoms with Crippen LogP contribution in [-0.4, -0.2) is 48.2 Å². The second-order valence-electron chi connectivity index (χ2n) is 10.5. The second kappa shape index (κ2) is 15.6. The minimum Gasteiger partial charge on any atom is -0.493 e. The highest BCUT2D eigenvalue weighted by Gasteiger charge is 2.21. The van der Waals surface area contributed by atoms with E-state index in [0.717, 1.165) is 35.2 Å². The number of para-hydroxylation sites is 1. The molecule has 0 saturated carbocycles. The fourth-order valence-electron chi connectivity index (χ4n) is 4.95. The summed E-state index contributed by atoms with van der Waals surface area (Å²) in [7, 11) is -1.79. The summed E-state index contributed by atoms with van der Waals surface area (Å²) >= 11 is 1.73. The van der Waals surface area contributed by atoms with Crippen molar-refractivity contribution in [1.82, 2.24) is 14.8 Å². The Labute approximate surface area is 269 Å². The van der Waals surface area contributed by atoms with Crippen molar-refractivity contribution in [2.75, 3.05) is 38.3 Å². The summed E-state index contributed by atoms with van der Waals surface area (Å²) in [6, 6.07) is 15.4. The Bertz CT molecular complexity index is 1610. The van der Waals surface area contributed by atoms with Gasteiger partial charge < -0.3 is 28.2 Å². The number of nitrogens with zero attached hydrogens (tertiary/aromatic N) is 4. The van der Waals surface area contributed by atoms with Crippen molar-refractivity contribution in [1.29, 1.82) is 0 Å². The summed E-state index contributed by atoms with van der Waals surface area (Å²) in [5.41, 5.74) is 3.31. The lowest BCUT2D eigenvalue weighted by Crippen LogP contribution is -2.29. The zero-order chi connectivity index (χ0) is 31.6. The van der Waals surface area contributed by atoms with Crippen LogP contribution in [0, 0.1) is 6.92 Å². The monoisotopic (exact) mass is 652 g/mol. The number of aryl methyl sites for hydroxylation is 1. The first-order chi connectivity index (χ1) is 21.9. The Morgan fingerprint density at radius 3 is 2.42 bits per heavy atom. The number of benzene rings is 2. The Hall–Kier alpha value is -3.63. The molecular weight excluding hydrogens is 611 g/mol. The minimum atomic E-state index is -3.41. The maximum atomic E-state index is 13.1. The molecule has 0 unspecified atom stereocenters. The number of hydrogen-bond donors (Lipinski definition) is 0. The molecule has 12 heteroatoms. The number of thiazole rings is 1. The van der Waals surface area contributed by atoms with E-state index in [4.69, 9.17) is 28.2 Å². The van der Waals surface area contributed by atoms with Gasteiger partial charge in [-0.2, -0.15) is 0 Å². The van der Waals surface area contributed by atoms with Crippen LogP contribution >= 0.6 is 18.9 Å². The molecule has 3 heterocycles. The van der Waals surface area contributed by atoms with Crippen molar-refractivity contribution in [2.24, 2.45) is 0 Å². The Kier molecular flexibility index (Phi) is 11.3. The molecule has 45 heavy (non-hydrogen) atoms. The average molecular weight is 653 g/mol. The van der Waals surface area contributed by atoms with Crippen molar-refractivity contribution >= 4 is 30.1 Å². The van der Waals surface area contributed by atoms with Crippen LogP contribution in [0.5, 0.6) is 17.4 Å². The number of anilines is 1. The molecule has 10 nitrogen and oxygen atoms in total. The first kappa shape index (κ1) is 32.8. The van der Waals surface area contributed by atoms with E-state index >= 15 is 0 Å². The van der Waals surface area contributed by atoms with E-state index in [0.29, 0.717) is 29.5 Å². The Balaban J connectivity index is 1.29. The lowest BCUT2D eigenvalue weighted by Gasteiger charge is -2.25. The fraction of sp³-hybridized carbons (Fsp3) is 0.394. The molecule has 0 aliphatic carbocycles. The van der Waals surface area contributed by atoms with Gasteiger partial charge >= 0.3 is 7.60 Å². The van der Waals surface area contributed by atoms with Crippen molar-refractivity contribution in [3.8, 4) is 23.1 Å². The number of rotatable bonds is 15. The molecule has 2 aromatic heterocycles. The van der Waals surface area contributed by atoms with E-state index in [1.54, 1.807) is 43.1 Å². The van der Waals surface area contributed by atoms with Gasteiger partial charge in [0.05, 0.1) is 37.3 Å². The normalized spacial score (nSPS) is 13.8. The molecule has 1 aliphatic rings. The third-order valence-electron chi connectivity index (χ3n) is 7.26. The second-order valence-corrected chi connectivity index (χ2v) is 13.5. The van der Waals surface area contributed by atoms with Crippen LogP contribution in [0.25, 0.3) is 11.8 Å². The molecule has 1 aliphatic heterocycles. The minimum absolute atomic E-state index is 0.224. The van der Waals surface area contributed by atoms with Gasteiger partial charge in [-0.05, 0) is 75.9 Å². The molecule has 5 rings (SSSR count). The van der Waals surface area contributed by atoms with Crippen LogP contribution in [0.3, 0.4) is 0 Å². The highest BCUT2D eigenvalue weighted by Crippen LogP contribution is 2.50. The highest BCUT2D eigenvalue weighted by molar-refractivity contribution is 7.57. The van der Waals surface area contributed by atoms with E-state index < -0.39 is 7.60 Å². The van der Waals surface area contributed by atoms with Crippen LogP contribution in [0.2, 0.25) is 0 Å². The number of aromatic nitrogens is 3. The van der Waals surface area contributed by atoms with Crippen molar-refractivity contribution in [3.05, 3.63) is 82.2 Å². The van der Waals surface area contributed by atoms with Gasteiger partial charge in [0, 0.05) is 30.0 Å². The molecule has 0 spiro atoms. The molecule has 240 valence electrons. The van der Waals surface area contributed by atoms with Gasteiger partial charge in [-0.3, -0.25) is 4.57 Å². The van der Waals surface area contributed by atoms with E-state index in [9.17, 15) is 4.57 Å². The maximum Gasteiger partial charge on any atom is 0.354 e. The standard InChI is InChI=1S/C33H41N4O6PS/c1-5-42-44(38,43-6-2)20-17-27-22-37(28-13-9-7-10-14-28)35-32(27)41-23-26-15-16-30(31(21-26)39-4)40-24-29-25(3)45-33(34-29)36-18-11-8-12-19-36/h7,9-10,13-17,20-22H,5-6,8,11-12,18-19,23-24H2,1-4H3. The predicted molar refractivity (Wildman–Crippen MR) is 178 cm³/mol. The summed E-state index contributed by atoms with van der Waals surface area (Å²) in [5, 5.41) is 5.74. The average Bonchev–Trinajstić information content (AvgIpc) is 3.66. The lowest BCUT2D eigenvalue weighted by molar-refractivity contribution is 0.229. The molecule has 1 fully saturated rings. The van der Waals surface area contributed by atoms with E-state index in [1.807, 2.05) is 54.7 Å². The third-order valence-corrected chi connectivity index (χ3v) is 10.1. The molecule has 0 radical (unpaired) electrons. The van der Waals surface area contributed by atoms with Crippen LogP contribution in [-0.2, 0) is 26.8 Å². The number of methoxy groups -OCH3 is 1. The van der Waals surface area contributed by atoms with Crippen LogP contribution in [0.15, 0.2) is 60.5 Å². The number of hydrogen-bond acceptors (Lipinski definition) is 10. The zero-order valence-electron chi connectivity index (χ0n) is 26.3. The summed E-state index contributed by atoms with van der Waals surface area (Å²) in [6.45, 7) is 8.89. The zero-order valence-corrected chi connectivity index (χ0v) is 28.0. The van der Waals surface area contributed by atoms with Gasteiger partial charge in [0.2, 0.25) is 5.88 Å². The van der Waals surface area contributed by atoms with Gasteiger partial charge in [-0.1, -0.05) is 24.3 Å². The summed E-state index contributed by atoms with van der Waals surface area (Å²) in [4.78, 5) is 8.42. The molecule has 2 aromatic carbocycles. The van der Waals surface area contributed by atoms with Gasteiger partial charge in [0.25, 0.3) is 0 Å². The SMILES string of the molecule is CCOP(=O)(C=Cc1cn(-c2ccccc2)nc1OCc1ccc(OCc2nc(N3CCCCC3)sc2C)c(OC)c1)OCC. The quantitative estimate of drug-likeness (QED) is 0.118. The molecule has 1 saturated heterocycles. The van der Waals surface area contributed by atoms with E-state index in [1.165, 1.54) is 30.0 Å². The van der Waals surface area contributed by atoms with E-state index in [2.05, 4.69) is 16.9 Å². The third kappa shape index (κ3) is 8.55. The van der Waals surface area contributed by atoms with Crippen molar-refractivity contribution in [3.63, 3.8) is 0 Å². The Morgan fingerprint density at radius 2 is 1.71 bits per heavy atom. The molecule has 0 bridgehead atoms. The van der Waals surface area contributed by atoms with Gasteiger partial charge in [0.1, 0.15) is 13.2 Å².